The Kier molecular flexibility index (Phi) is 5.03. The Morgan fingerprint density at radius 2 is 2.11 bits per heavy atom. The second-order valence-corrected chi connectivity index (χ2v) is 7.46. The Hall–Kier alpha value is -2.54. The predicted molar refractivity (Wildman–Crippen MR) is 101 cm³/mol. The van der Waals surface area contributed by atoms with Crippen LogP contribution in [-0.4, -0.2) is 33.7 Å². The first kappa shape index (κ1) is 17.9. The van der Waals surface area contributed by atoms with E-state index < -0.39 is 6.10 Å². The van der Waals surface area contributed by atoms with E-state index in [1.807, 2.05) is 6.07 Å². The summed E-state index contributed by atoms with van der Waals surface area (Å²) in [5.74, 6) is 0.366. The lowest BCUT2D eigenvalue weighted by molar-refractivity contribution is -0.123. The number of nitrogens with one attached hydrogen (secondary N) is 2. The molecule has 0 saturated heterocycles. The summed E-state index contributed by atoms with van der Waals surface area (Å²) in [5.41, 5.74) is 1.45. The molecule has 2 N–H and O–H groups in total. The minimum Gasteiger partial charge on any atom is -0.480 e. The van der Waals surface area contributed by atoms with Gasteiger partial charge in [0.05, 0.1) is 11.9 Å². The molecule has 2 aliphatic rings. The second-order valence-electron chi connectivity index (χ2n) is 7.03. The first-order valence-corrected chi connectivity index (χ1v) is 9.52. The van der Waals surface area contributed by atoms with E-state index in [9.17, 15) is 9.59 Å². The third kappa shape index (κ3) is 4.24. The standard InChI is InChI=1S/C19H21ClN4O3/c20-13-5-6-16-12(7-13)8-17(27-16)19(26)23-15-9-21-24(10-15)11-18(25)22-14-3-1-2-4-14/h5-7,9-10,14,17H,1-4,8,11H2,(H,22,25)(H,23,26). The van der Waals surface area contributed by atoms with Crippen molar-refractivity contribution in [3.63, 3.8) is 0 Å². The zero-order valence-corrected chi connectivity index (χ0v) is 15.5. The average Bonchev–Trinajstić information content (AvgIpc) is 3.35. The molecule has 0 spiro atoms. The van der Waals surface area contributed by atoms with Gasteiger partial charge >= 0.3 is 0 Å². The van der Waals surface area contributed by atoms with Gasteiger partial charge in [0.1, 0.15) is 12.3 Å². The molecule has 1 atom stereocenters. The number of anilines is 1. The summed E-state index contributed by atoms with van der Waals surface area (Å²) in [6.07, 6.45) is 7.46. The van der Waals surface area contributed by atoms with Gasteiger partial charge < -0.3 is 15.4 Å². The van der Waals surface area contributed by atoms with Crippen molar-refractivity contribution in [1.82, 2.24) is 15.1 Å². The number of hydrogen-bond acceptors (Lipinski definition) is 4. The van der Waals surface area contributed by atoms with Gasteiger partial charge in [0, 0.05) is 23.7 Å². The van der Waals surface area contributed by atoms with Gasteiger partial charge in [-0.2, -0.15) is 5.10 Å². The van der Waals surface area contributed by atoms with Gasteiger partial charge in [0.15, 0.2) is 6.10 Å². The molecule has 7 nitrogen and oxygen atoms in total. The van der Waals surface area contributed by atoms with Crippen LogP contribution in [0.3, 0.4) is 0 Å². The van der Waals surface area contributed by atoms with Crippen LogP contribution < -0.4 is 15.4 Å². The Morgan fingerprint density at radius 3 is 2.93 bits per heavy atom. The number of halogens is 1. The number of aromatic nitrogens is 2. The monoisotopic (exact) mass is 388 g/mol. The SMILES string of the molecule is O=C(Cn1cc(NC(=O)C2Cc3cc(Cl)ccc3O2)cn1)NC1CCCC1. The largest absolute Gasteiger partial charge is 0.480 e. The summed E-state index contributed by atoms with van der Waals surface area (Å²) in [6, 6.07) is 5.60. The molecule has 4 rings (SSSR count). The van der Waals surface area contributed by atoms with Gasteiger partial charge in [0.25, 0.3) is 5.91 Å². The van der Waals surface area contributed by atoms with Crippen LogP contribution in [0, 0.1) is 0 Å². The van der Waals surface area contributed by atoms with Gasteiger partial charge in [0.2, 0.25) is 5.91 Å². The van der Waals surface area contributed by atoms with Crippen LogP contribution in [-0.2, 0) is 22.6 Å². The summed E-state index contributed by atoms with van der Waals surface area (Å²) in [5, 5.41) is 10.6. The maximum Gasteiger partial charge on any atom is 0.265 e. The van der Waals surface area contributed by atoms with Crippen LogP contribution in [0.15, 0.2) is 30.6 Å². The molecule has 1 aromatic heterocycles. The smallest absolute Gasteiger partial charge is 0.265 e. The fourth-order valence-electron chi connectivity index (χ4n) is 3.59. The molecule has 27 heavy (non-hydrogen) atoms. The lowest BCUT2D eigenvalue weighted by Gasteiger charge is -2.11. The average molecular weight is 389 g/mol. The molecule has 2 aromatic rings. The summed E-state index contributed by atoms with van der Waals surface area (Å²) in [6.45, 7) is 0.135. The highest BCUT2D eigenvalue weighted by atomic mass is 35.5. The van der Waals surface area contributed by atoms with E-state index in [4.69, 9.17) is 16.3 Å². The molecule has 1 fully saturated rings. The summed E-state index contributed by atoms with van der Waals surface area (Å²) >= 11 is 5.98. The topological polar surface area (TPSA) is 85.2 Å². The van der Waals surface area contributed by atoms with Crippen LogP contribution in [0.5, 0.6) is 5.75 Å². The normalized spacial score (nSPS) is 18.8. The molecule has 8 heteroatoms. The van der Waals surface area contributed by atoms with Crippen molar-refractivity contribution in [2.45, 2.75) is 50.8 Å². The summed E-state index contributed by atoms with van der Waals surface area (Å²) in [7, 11) is 0. The Labute approximate surface area is 162 Å². The van der Waals surface area contributed by atoms with Crippen LogP contribution in [0.4, 0.5) is 5.69 Å². The zero-order chi connectivity index (χ0) is 18.8. The molecule has 0 bridgehead atoms. The zero-order valence-electron chi connectivity index (χ0n) is 14.8. The number of hydrogen-bond donors (Lipinski definition) is 2. The van der Waals surface area contributed by atoms with Crippen molar-refractivity contribution >= 4 is 29.1 Å². The Balaban J connectivity index is 1.30. The minimum absolute atomic E-state index is 0.0608. The van der Waals surface area contributed by atoms with Crippen molar-refractivity contribution in [3.8, 4) is 5.75 Å². The van der Waals surface area contributed by atoms with Crippen molar-refractivity contribution in [3.05, 3.63) is 41.2 Å². The highest BCUT2D eigenvalue weighted by molar-refractivity contribution is 6.30. The van der Waals surface area contributed by atoms with Gasteiger partial charge in [-0.25, -0.2) is 0 Å². The van der Waals surface area contributed by atoms with Crippen LogP contribution in [0.1, 0.15) is 31.2 Å². The predicted octanol–water partition coefficient (Wildman–Crippen LogP) is 2.54. The van der Waals surface area contributed by atoms with Crippen molar-refractivity contribution in [1.29, 1.82) is 0 Å². The van der Waals surface area contributed by atoms with Crippen molar-refractivity contribution in [2.75, 3.05) is 5.32 Å². The number of amides is 2. The molecule has 2 amide bonds. The van der Waals surface area contributed by atoms with E-state index in [0.29, 0.717) is 22.9 Å². The first-order valence-electron chi connectivity index (χ1n) is 9.14. The number of ether oxygens (including phenoxy) is 1. The maximum atomic E-state index is 12.4. The molecule has 2 heterocycles. The lowest BCUT2D eigenvalue weighted by atomic mass is 10.1. The second kappa shape index (κ2) is 7.60. The number of nitrogens with zero attached hydrogens (tertiary/aromatic N) is 2. The molecule has 1 aliphatic heterocycles. The third-order valence-corrected chi connectivity index (χ3v) is 5.15. The van der Waals surface area contributed by atoms with Gasteiger partial charge in [-0.15, -0.1) is 0 Å². The van der Waals surface area contributed by atoms with E-state index in [1.54, 1.807) is 18.3 Å². The van der Waals surface area contributed by atoms with Crippen molar-refractivity contribution in [2.24, 2.45) is 0 Å². The van der Waals surface area contributed by atoms with E-state index in [-0.39, 0.29) is 24.4 Å². The van der Waals surface area contributed by atoms with E-state index in [2.05, 4.69) is 15.7 Å². The van der Waals surface area contributed by atoms with E-state index in [1.165, 1.54) is 23.7 Å². The van der Waals surface area contributed by atoms with E-state index in [0.717, 1.165) is 18.4 Å². The van der Waals surface area contributed by atoms with Crippen LogP contribution in [0.25, 0.3) is 0 Å². The molecule has 1 unspecified atom stereocenters. The molecule has 1 aromatic carbocycles. The highest BCUT2D eigenvalue weighted by Gasteiger charge is 2.29. The number of rotatable bonds is 5. The number of carbonyl (C=O) groups excluding carboxylic acids is 2. The molecule has 142 valence electrons. The lowest BCUT2D eigenvalue weighted by Crippen LogP contribution is -2.35. The van der Waals surface area contributed by atoms with Crippen LogP contribution >= 0.6 is 11.6 Å². The fourth-order valence-corrected chi connectivity index (χ4v) is 3.79. The summed E-state index contributed by atoms with van der Waals surface area (Å²) < 4.78 is 7.20. The highest BCUT2D eigenvalue weighted by Crippen LogP contribution is 2.31. The molecular weight excluding hydrogens is 368 g/mol. The third-order valence-electron chi connectivity index (χ3n) is 4.92. The van der Waals surface area contributed by atoms with Gasteiger partial charge in [-0.05, 0) is 36.6 Å². The van der Waals surface area contributed by atoms with Crippen LogP contribution in [0.2, 0.25) is 5.02 Å². The first-order chi connectivity index (χ1) is 13.1. The molecule has 1 aliphatic carbocycles. The Bertz CT molecular complexity index is 860. The quantitative estimate of drug-likeness (QED) is 0.824. The van der Waals surface area contributed by atoms with E-state index >= 15 is 0 Å². The molecule has 1 saturated carbocycles. The molecule has 0 radical (unpaired) electrons. The Morgan fingerprint density at radius 1 is 1.30 bits per heavy atom. The summed E-state index contributed by atoms with van der Waals surface area (Å²) in [4.78, 5) is 24.5. The molecular formula is C19H21ClN4O3. The maximum absolute atomic E-state index is 12.4. The fraction of sp³-hybridized carbons (Fsp3) is 0.421. The number of benzene rings is 1. The van der Waals surface area contributed by atoms with Gasteiger partial charge in [-0.1, -0.05) is 24.4 Å². The van der Waals surface area contributed by atoms with Crippen molar-refractivity contribution < 1.29 is 14.3 Å². The van der Waals surface area contributed by atoms with Gasteiger partial charge in [-0.3, -0.25) is 14.3 Å². The minimum atomic E-state index is -0.604. The number of carbonyl (C=O) groups is 2. The number of fused-ring (bicyclic) bond motifs is 1.